The molecule has 0 aliphatic heterocycles. The van der Waals surface area contributed by atoms with Crippen LogP contribution in [0, 0.1) is 0 Å². The Bertz CT molecular complexity index is 257. The summed E-state index contributed by atoms with van der Waals surface area (Å²) in [6.45, 7) is -0.518. The van der Waals surface area contributed by atoms with Gasteiger partial charge in [-0.3, -0.25) is 4.79 Å². The topological polar surface area (TPSA) is 88.2 Å². The number of aromatic nitrogens is 3. The quantitative estimate of drug-likeness (QED) is 0.578. The SMILES string of the molecule is O=C(O)Cn1nncc1CO. The summed E-state index contributed by atoms with van der Waals surface area (Å²) in [6, 6.07) is 0. The summed E-state index contributed by atoms with van der Waals surface area (Å²) in [4.78, 5) is 10.2. The van der Waals surface area contributed by atoms with E-state index in [9.17, 15) is 4.79 Å². The number of aliphatic carboxylic acids is 1. The smallest absolute Gasteiger partial charge is 0.325 e. The number of carboxylic acid groups (broad SMARTS) is 1. The van der Waals surface area contributed by atoms with E-state index in [1.54, 1.807) is 0 Å². The van der Waals surface area contributed by atoms with Crippen LogP contribution in [-0.2, 0) is 17.9 Å². The number of aliphatic hydroxyl groups is 1. The summed E-state index contributed by atoms with van der Waals surface area (Å²) in [6.07, 6.45) is 1.32. The van der Waals surface area contributed by atoms with Gasteiger partial charge in [-0.15, -0.1) is 5.10 Å². The summed E-state index contributed by atoms with van der Waals surface area (Å²) >= 11 is 0. The summed E-state index contributed by atoms with van der Waals surface area (Å²) in [5.41, 5.74) is 0.396. The van der Waals surface area contributed by atoms with Gasteiger partial charge in [-0.1, -0.05) is 5.21 Å². The van der Waals surface area contributed by atoms with E-state index in [1.165, 1.54) is 6.20 Å². The van der Waals surface area contributed by atoms with Crippen LogP contribution in [0.5, 0.6) is 0 Å². The Labute approximate surface area is 62.1 Å². The molecule has 1 rings (SSSR count). The third-order valence-electron chi connectivity index (χ3n) is 1.14. The fourth-order valence-corrected chi connectivity index (χ4v) is 0.663. The van der Waals surface area contributed by atoms with Crippen LogP contribution in [0.2, 0.25) is 0 Å². The maximum Gasteiger partial charge on any atom is 0.325 e. The summed E-state index contributed by atoms with van der Waals surface area (Å²) in [7, 11) is 0. The third kappa shape index (κ3) is 1.74. The second kappa shape index (κ2) is 3.11. The van der Waals surface area contributed by atoms with Gasteiger partial charge in [-0.05, 0) is 0 Å². The van der Waals surface area contributed by atoms with Crippen LogP contribution in [0.1, 0.15) is 5.69 Å². The van der Waals surface area contributed by atoms with Crippen LogP contribution >= 0.6 is 0 Å². The molecule has 0 bridgehead atoms. The van der Waals surface area contributed by atoms with Gasteiger partial charge in [0.15, 0.2) is 0 Å². The highest BCUT2D eigenvalue weighted by atomic mass is 16.4. The number of nitrogens with zero attached hydrogens (tertiary/aromatic N) is 3. The van der Waals surface area contributed by atoms with Crippen LogP contribution in [0.4, 0.5) is 0 Å². The van der Waals surface area contributed by atoms with Gasteiger partial charge in [-0.25, -0.2) is 4.68 Å². The van der Waals surface area contributed by atoms with Crippen LogP contribution in [0.15, 0.2) is 6.20 Å². The first-order valence-electron chi connectivity index (χ1n) is 2.94. The van der Waals surface area contributed by atoms with Gasteiger partial charge < -0.3 is 10.2 Å². The highest BCUT2D eigenvalue weighted by Crippen LogP contribution is 1.94. The Morgan fingerprint density at radius 2 is 2.45 bits per heavy atom. The maximum atomic E-state index is 10.2. The van der Waals surface area contributed by atoms with Gasteiger partial charge in [-0.2, -0.15) is 0 Å². The zero-order valence-electron chi connectivity index (χ0n) is 5.64. The second-order valence-corrected chi connectivity index (χ2v) is 1.93. The summed E-state index contributed by atoms with van der Waals surface area (Å²) in [5.74, 6) is -1.01. The molecule has 1 aromatic heterocycles. The van der Waals surface area contributed by atoms with Gasteiger partial charge in [0, 0.05) is 0 Å². The molecule has 2 N–H and O–H groups in total. The van der Waals surface area contributed by atoms with E-state index < -0.39 is 5.97 Å². The molecule has 0 radical (unpaired) electrons. The highest BCUT2D eigenvalue weighted by molar-refractivity contribution is 5.66. The summed E-state index contributed by atoms with van der Waals surface area (Å²) < 4.78 is 1.13. The minimum absolute atomic E-state index is 0.250. The van der Waals surface area contributed by atoms with Crippen molar-refractivity contribution in [3.05, 3.63) is 11.9 Å². The van der Waals surface area contributed by atoms with Crippen LogP contribution in [0.3, 0.4) is 0 Å². The van der Waals surface area contributed by atoms with E-state index in [-0.39, 0.29) is 13.2 Å². The third-order valence-corrected chi connectivity index (χ3v) is 1.14. The van der Waals surface area contributed by atoms with Crippen LogP contribution in [-0.4, -0.2) is 31.2 Å². The number of hydrogen-bond donors (Lipinski definition) is 2. The molecule has 11 heavy (non-hydrogen) atoms. The molecule has 0 fully saturated rings. The molecule has 1 aromatic rings. The van der Waals surface area contributed by atoms with Crippen molar-refractivity contribution in [2.24, 2.45) is 0 Å². The van der Waals surface area contributed by atoms with Gasteiger partial charge in [0.05, 0.1) is 18.5 Å². The summed E-state index contributed by atoms with van der Waals surface area (Å²) in [5, 5.41) is 23.9. The Morgan fingerprint density at radius 1 is 1.73 bits per heavy atom. The molecule has 0 atom stereocenters. The first-order chi connectivity index (χ1) is 5.24. The van der Waals surface area contributed by atoms with E-state index in [0.29, 0.717) is 5.69 Å². The zero-order valence-corrected chi connectivity index (χ0v) is 5.64. The monoisotopic (exact) mass is 157 g/mol. The Morgan fingerprint density at radius 3 is 3.00 bits per heavy atom. The average Bonchev–Trinajstić information content (AvgIpc) is 2.34. The van der Waals surface area contributed by atoms with E-state index >= 15 is 0 Å². The second-order valence-electron chi connectivity index (χ2n) is 1.93. The predicted molar refractivity (Wildman–Crippen MR) is 33.6 cm³/mol. The van der Waals surface area contributed by atoms with Gasteiger partial charge >= 0.3 is 5.97 Å². The lowest BCUT2D eigenvalue weighted by atomic mass is 10.5. The molecule has 0 aliphatic carbocycles. The molecule has 0 aromatic carbocycles. The van der Waals surface area contributed by atoms with Gasteiger partial charge in [0.25, 0.3) is 0 Å². The number of carboxylic acids is 1. The minimum atomic E-state index is -1.01. The molecular formula is C5H7N3O3. The highest BCUT2D eigenvalue weighted by Gasteiger charge is 2.05. The molecule has 0 saturated carbocycles. The van der Waals surface area contributed by atoms with Crippen LogP contribution < -0.4 is 0 Å². The molecule has 6 nitrogen and oxygen atoms in total. The molecule has 1 heterocycles. The van der Waals surface area contributed by atoms with Crippen molar-refractivity contribution in [3.63, 3.8) is 0 Å². The zero-order chi connectivity index (χ0) is 8.27. The minimum Gasteiger partial charge on any atom is -0.480 e. The fraction of sp³-hybridized carbons (Fsp3) is 0.400. The average molecular weight is 157 g/mol. The number of rotatable bonds is 3. The van der Waals surface area contributed by atoms with Crippen molar-refractivity contribution in [2.75, 3.05) is 0 Å². The van der Waals surface area contributed by atoms with Crippen molar-refractivity contribution in [1.29, 1.82) is 0 Å². The Kier molecular flexibility index (Phi) is 2.17. The van der Waals surface area contributed by atoms with Crippen LogP contribution in [0.25, 0.3) is 0 Å². The molecule has 60 valence electrons. The molecule has 0 unspecified atom stereocenters. The van der Waals surface area contributed by atoms with E-state index in [1.807, 2.05) is 0 Å². The maximum absolute atomic E-state index is 10.2. The standard InChI is InChI=1S/C5H7N3O3/c9-3-4-1-6-7-8(4)2-5(10)11/h1,9H,2-3H2,(H,10,11). The van der Waals surface area contributed by atoms with Crippen molar-refractivity contribution in [3.8, 4) is 0 Å². The number of hydrogen-bond acceptors (Lipinski definition) is 4. The number of aliphatic hydroxyl groups excluding tert-OH is 1. The molecule has 0 amide bonds. The molecule has 6 heteroatoms. The first-order valence-corrected chi connectivity index (χ1v) is 2.94. The van der Waals surface area contributed by atoms with Gasteiger partial charge in [0.2, 0.25) is 0 Å². The molecule has 0 saturated heterocycles. The lowest BCUT2D eigenvalue weighted by molar-refractivity contribution is -0.138. The Hall–Kier alpha value is -1.43. The van der Waals surface area contributed by atoms with Crippen molar-refractivity contribution >= 4 is 5.97 Å². The van der Waals surface area contributed by atoms with E-state index in [0.717, 1.165) is 4.68 Å². The fourth-order valence-electron chi connectivity index (χ4n) is 0.663. The largest absolute Gasteiger partial charge is 0.480 e. The van der Waals surface area contributed by atoms with Crippen molar-refractivity contribution in [1.82, 2.24) is 15.0 Å². The predicted octanol–water partition coefficient (Wildman–Crippen LogP) is -1.15. The first kappa shape index (κ1) is 7.67. The normalized spacial score (nSPS) is 9.91. The van der Waals surface area contributed by atoms with Crippen molar-refractivity contribution in [2.45, 2.75) is 13.2 Å². The molecule has 0 spiro atoms. The number of carbonyl (C=O) groups is 1. The van der Waals surface area contributed by atoms with Gasteiger partial charge in [0.1, 0.15) is 6.54 Å². The van der Waals surface area contributed by atoms with E-state index in [4.69, 9.17) is 10.2 Å². The van der Waals surface area contributed by atoms with E-state index in [2.05, 4.69) is 10.3 Å². The Balaban J connectivity index is 2.76. The lowest BCUT2D eigenvalue weighted by Crippen LogP contribution is -2.12. The molecular weight excluding hydrogens is 150 g/mol. The molecule has 0 aliphatic rings. The van der Waals surface area contributed by atoms with Crippen molar-refractivity contribution < 1.29 is 15.0 Å². The lowest BCUT2D eigenvalue weighted by Gasteiger charge is -1.97.